The van der Waals surface area contributed by atoms with Crippen LogP contribution in [0.3, 0.4) is 0 Å². The Balaban J connectivity index is 2.61. The fourth-order valence-corrected chi connectivity index (χ4v) is 1.45. The lowest BCUT2D eigenvalue weighted by molar-refractivity contribution is -0.135. The lowest BCUT2D eigenvalue weighted by Crippen LogP contribution is -2.62. The summed E-state index contributed by atoms with van der Waals surface area (Å²) in [4.78, 5) is 22.3. The van der Waals surface area contributed by atoms with Gasteiger partial charge in [0.15, 0.2) is 0 Å². The second-order valence-corrected chi connectivity index (χ2v) is 3.22. The summed E-state index contributed by atoms with van der Waals surface area (Å²) in [6.07, 6.45) is 0. The minimum Gasteiger partial charge on any atom is -0.342 e. The molecule has 0 unspecified atom stereocenters. The number of piperazine rings is 1. The van der Waals surface area contributed by atoms with Crippen LogP contribution in [0.15, 0.2) is 0 Å². The molecule has 2 N–H and O–H groups in total. The van der Waals surface area contributed by atoms with E-state index in [2.05, 4.69) is 35.9 Å². The minimum atomic E-state index is -0.503. The van der Waals surface area contributed by atoms with Crippen molar-refractivity contribution in [1.82, 2.24) is 10.6 Å². The highest BCUT2D eigenvalue weighted by Crippen LogP contribution is 2.00. The van der Waals surface area contributed by atoms with Crippen LogP contribution in [0.25, 0.3) is 0 Å². The van der Waals surface area contributed by atoms with Crippen LogP contribution >= 0.6 is 25.3 Å². The zero-order valence-corrected chi connectivity index (χ0v) is 8.07. The second-order valence-electron chi connectivity index (χ2n) is 2.49. The highest BCUT2D eigenvalue weighted by atomic mass is 32.1. The smallest absolute Gasteiger partial charge is 0.244 e. The summed E-state index contributed by atoms with van der Waals surface area (Å²) >= 11 is 7.86. The number of carbonyl (C=O) groups is 2. The third-order valence-corrected chi connectivity index (χ3v) is 2.36. The van der Waals surface area contributed by atoms with E-state index in [0.717, 1.165) is 0 Å². The number of hydrogen-bond acceptors (Lipinski definition) is 4. The fraction of sp³-hybridized carbons (Fsp3) is 0.667. The van der Waals surface area contributed by atoms with Crippen LogP contribution < -0.4 is 10.6 Å². The molecule has 0 aromatic heterocycles. The molecule has 1 heterocycles. The monoisotopic (exact) mass is 206 g/mol. The first kappa shape index (κ1) is 9.73. The van der Waals surface area contributed by atoms with Crippen LogP contribution in [0, 0.1) is 0 Å². The highest BCUT2D eigenvalue weighted by molar-refractivity contribution is 7.80. The highest BCUT2D eigenvalue weighted by Gasteiger charge is 2.31. The Hall–Kier alpha value is -0.360. The molecule has 2 amide bonds. The van der Waals surface area contributed by atoms with Crippen molar-refractivity contribution >= 4 is 37.1 Å². The third kappa shape index (κ3) is 1.87. The van der Waals surface area contributed by atoms with Crippen molar-refractivity contribution in [2.24, 2.45) is 0 Å². The first-order chi connectivity index (χ1) is 5.69. The van der Waals surface area contributed by atoms with E-state index in [1.165, 1.54) is 0 Å². The Bertz CT molecular complexity index is 188. The summed E-state index contributed by atoms with van der Waals surface area (Å²) in [6.45, 7) is 0. The number of nitrogens with one attached hydrogen (secondary N) is 2. The van der Waals surface area contributed by atoms with Gasteiger partial charge in [-0.25, -0.2) is 0 Å². The molecule has 6 heteroatoms. The van der Waals surface area contributed by atoms with Crippen molar-refractivity contribution in [3.05, 3.63) is 0 Å². The zero-order chi connectivity index (χ0) is 9.14. The first-order valence-corrected chi connectivity index (χ1v) is 4.78. The van der Waals surface area contributed by atoms with Crippen LogP contribution in [0.1, 0.15) is 0 Å². The van der Waals surface area contributed by atoms with Crippen molar-refractivity contribution in [3.8, 4) is 0 Å². The molecule has 0 aromatic rings. The number of rotatable bonds is 2. The van der Waals surface area contributed by atoms with Gasteiger partial charge in [0.1, 0.15) is 12.1 Å². The van der Waals surface area contributed by atoms with Gasteiger partial charge >= 0.3 is 0 Å². The molecule has 0 radical (unpaired) electrons. The van der Waals surface area contributed by atoms with Crippen LogP contribution in [0.4, 0.5) is 0 Å². The summed E-state index contributed by atoms with van der Waals surface area (Å²) in [5, 5.41) is 5.08. The van der Waals surface area contributed by atoms with Crippen LogP contribution in [0.2, 0.25) is 0 Å². The van der Waals surface area contributed by atoms with Gasteiger partial charge in [-0.3, -0.25) is 9.59 Å². The van der Waals surface area contributed by atoms with Gasteiger partial charge in [-0.15, -0.1) is 0 Å². The molecule has 1 saturated heterocycles. The quantitative estimate of drug-likeness (QED) is 0.430. The molecule has 0 bridgehead atoms. The standard InChI is InChI=1S/C6H10N2O2S2/c9-5-3(1-11)7-6(10)4(2-12)8-5/h3-4,11-12H,1-2H2,(H,7,10)(H,8,9)/t3-,4-/m0/s1. The van der Waals surface area contributed by atoms with Crippen molar-refractivity contribution in [2.75, 3.05) is 11.5 Å². The van der Waals surface area contributed by atoms with E-state index >= 15 is 0 Å². The molecular formula is C6H10N2O2S2. The molecular weight excluding hydrogens is 196 g/mol. The normalized spacial score (nSPS) is 29.5. The Labute approximate surface area is 81.3 Å². The minimum absolute atomic E-state index is 0.191. The maximum atomic E-state index is 11.1. The Morgan fingerprint density at radius 1 is 1.00 bits per heavy atom. The predicted octanol–water partition coefficient (Wildman–Crippen LogP) is -1.17. The fourth-order valence-electron chi connectivity index (χ4n) is 0.933. The molecule has 1 fully saturated rings. The molecule has 68 valence electrons. The average molecular weight is 206 g/mol. The average Bonchev–Trinajstić information content (AvgIpc) is 2.08. The van der Waals surface area contributed by atoms with Crippen molar-refractivity contribution < 1.29 is 9.59 Å². The molecule has 0 aliphatic carbocycles. The second kappa shape index (κ2) is 4.04. The maximum absolute atomic E-state index is 11.1. The van der Waals surface area contributed by atoms with Crippen LogP contribution in [-0.2, 0) is 9.59 Å². The Kier molecular flexibility index (Phi) is 3.28. The molecule has 1 aliphatic rings. The lowest BCUT2D eigenvalue weighted by Gasteiger charge is -2.27. The van der Waals surface area contributed by atoms with Gasteiger partial charge in [-0.05, 0) is 0 Å². The van der Waals surface area contributed by atoms with E-state index in [1.807, 2.05) is 0 Å². The summed E-state index contributed by atoms with van der Waals surface area (Å²) < 4.78 is 0. The Morgan fingerprint density at radius 3 is 1.58 bits per heavy atom. The van der Waals surface area contributed by atoms with Gasteiger partial charge in [0.25, 0.3) is 0 Å². The van der Waals surface area contributed by atoms with Crippen molar-refractivity contribution in [2.45, 2.75) is 12.1 Å². The topological polar surface area (TPSA) is 58.2 Å². The molecule has 1 aliphatic heterocycles. The molecule has 4 nitrogen and oxygen atoms in total. The summed E-state index contributed by atoms with van der Waals surface area (Å²) in [5.74, 6) is 0.251. The van der Waals surface area contributed by atoms with E-state index < -0.39 is 12.1 Å². The van der Waals surface area contributed by atoms with Gasteiger partial charge in [0, 0.05) is 11.5 Å². The maximum Gasteiger partial charge on any atom is 0.244 e. The SMILES string of the molecule is O=C1N[C@@H](CS)C(=O)N[C@H]1CS. The number of thiol groups is 2. The predicted molar refractivity (Wildman–Crippen MR) is 51.6 cm³/mol. The van der Waals surface area contributed by atoms with Crippen LogP contribution in [-0.4, -0.2) is 35.4 Å². The molecule has 2 atom stereocenters. The molecule has 1 rings (SSSR count). The van der Waals surface area contributed by atoms with Gasteiger partial charge < -0.3 is 10.6 Å². The zero-order valence-electron chi connectivity index (χ0n) is 6.28. The molecule has 12 heavy (non-hydrogen) atoms. The summed E-state index contributed by atoms with van der Waals surface area (Å²) in [5.41, 5.74) is 0. The van der Waals surface area contributed by atoms with E-state index in [0.29, 0.717) is 11.5 Å². The van der Waals surface area contributed by atoms with Crippen LogP contribution in [0.5, 0.6) is 0 Å². The third-order valence-electron chi connectivity index (χ3n) is 1.63. The van der Waals surface area contributed by atoms with E-state index in [9.17, 15) is 9.59 Å². The van der Waals surface area contributed by atoms with Crippen molar-refractivity contribution in [1.29, 1.82) is 0 Å². The number of carbonyl (C=O) groups excluding carboxylic acids is 2. The van der Waals surface area contributed by atoms with Gasteiger partial charge in [0.05, 0.1) is 0 Å². The number of amides is 2. The van der Waals surface area contributed by atoms with Gasteiger partial charge in [-0.1, -0.05) is 0 Å². The first-order valence-electron chi connectivity index (χ1n) is 3.51. The molecule has 0 saturated carbocycles. The largest absolute Gasteiger partial charge is 0.342 e. The van der Waals surface area contributed by atoms with E-state index in [-0.39, 0.29) is 11.8 Å². The number of hydrogen-bond donors (Lipinski definition) is 4. The molecule has 0 aromatic carbocycles. The van der Waals surface area contributed by atoms with E-state index in [4.69, 9.17) is 0 Å². The van der Waals surface area contributed by atoms with E-state index in [1.54, 1.807) is 0 Å². The molecule has 0 spiro atoms. The van der Waals surface area contributed by atoms with Gasteiger partial charge in [-0.2, -0.15) is 25.3 Å². The Morgan fingerprint density at radius 2 is 1.33 bits per heavy atom. The summed E-state index contributed by atoms with van der Waals surface area (Å²) in [6, 6.07) is -1.01. The summed E-state index contributed by atoms with van der Waals surface area (Å²) in [7, 11) is 0. The van der Waals surface area contributed by atoms with Gasteiger partial charge in [0.2, 0.25) is 11.8 Å². The lowest BCUT2D eigenvalue weighted by atomic mass is 10.2. The van der Waals surface area contributed by atoms with Crippen molar-refractivity contribution in [3.63, 3.8) is 0 Å².